The van der Waals surface area contributed by atoms with Crippen molar-refractivity contribution in [1.82, 2.24) is 10.2 Å². The van der Waals surface area contributed by atoms with Gasteiger partial charge in [-0.2, -0.15) is 0 Å². The Balaban J connectivity index is 2.10. The first-order chi connectivity index (χ1) is 8.58. The lowest BCUT2D eigenvalue weighted by molar-refractivity contribution is -0.144. The molecule has 4 nitrogen and oxygen atoms in total. The van der Waals surface area contributed by atoms with Gasteiger partial charge in [0.05, 0.1) is 0 Å². The topological polar surface area (TPSA) is 52.6 Å². The molecule has 2 rings (SSSR count). The van der Waals surface area contributed by atoms with E-state index in [0.29, 0.717) is 13.1 Å². The van der Waals surface area contributed by atoms with Crippen LogP contribution in [0, 0.1) is 6.92 Å². The summed E-state index contributed by atoms with van der Waals surface area (Å²) in [6, 6.07) is 5.43. The second kappa shape index (κ2) is 5.69. The van der Waals surface area contributed by atoms with E-state index < -0.39 is 12.0 Å². The van der Waals surface area contributed by atoms with Crippen LogP contribution in [0.2, 0.25) is 5.02 Å². The fraction of sp³-hybridized carbons (Fsp3) is 0.462. The maximum absolute atomic E-state index is 11.2. The number of halogens is 1. The number of rotatable bonds is 3. The molecule has 18 heavy (non-hydrogen) atoms. The summed E-state index contributed by atoms with van der Waals surface area (Å²) in [5, 5.41) is 13.0. The van der Waals surface area contributed by atoms with Crippen molar-refractivity contribution in [2.45, 2.75) is 19.5 Å². The van der Waals surface area contributed by atoms with E-state index in [1.807, 2.05) is 30.0 Å². The third kappa shape index (κ3) is 3.02. The minimum Gasteiger partial charge on any atom is -0.480 e. The molecule has 98 valence electrons. The highest BCUT2D eigenvalue weighted by molar-refractivity contribution is 6.31. The van der Waals surface area contributed by atoms with E-state index in [-0.39, 0.29) is 0 Å². The zero-order valence-electron chi connectivity index (χ0n) is 10.3. The second-order valence-electron chi connectivity index (χ2n) is 4.61. The van der Waals surface area contributed by atoms with Gasteiger partial charge in [-0.05, 0) is 24.1 Å². The van der Waals surface area contributed by atoms with Crippen molar-refractivity contribution in [1.29, 1.82) is 0 Å². The van der Waals surface area contributed by atoms with Gasteiger partial charge in [-0.25, -0.2) is 0 Å². The number of aliphatic carboxylic acids is 1. The lowest BCUT2D eigenvalue weighted by Gasteiger charge is -2.33. The second-order valence-corrected chi connectivity index (χ2v) is 5.02. The molecule has 1 saturated heterocycles. The van der Waals surface area contributed by atoms with E-state index in [1.165, 1.54) is 0 Å². The number of nitrogens with one attached hydrogen (secondary N) is 1. The zero-order valence-corrected chi connectivity index (χ0v) is 11.1. The number of benzene rings is 1. The van der Waals surface area contributed by atoms with E-state index >= 15 is 0 Å². The zero-order chi connectivity index (χ0) is 13.1. The summed E-state index contributed by atoms with van der Waals surface area (Å²) < 4.78 is 0. The molecular formula is C13H17ClN2O2. The number of carboxylic acids is 1. The first-order valence-electron chi connectivity index (χ1n) is 6.00. The molecule has 1 unspecified atom stereocenters. The highest BCUT2D eigenvalue weighted by Gasteiger charge is 2.28. The van der Waals surface area contributed by atoms with Gasteiger partial charge in [-0.1, -0.05) is 23.7 Å². The van der Waals surface area contributed by atoms with Crippen molar-refractivity contribution < 1.29 is 9.90 Å². The fourth-order valence-corrected chi connectivity index (χ4v) is 2.35. The van der Waals surface area contributed by atoms with Crippen LogP contribution < -0.4 is 5.32 Å². The van der Waals surface area contributed by atoms with E-state index in [2.05, 4.69) is 5.32 Å². The monoisotopic (exact) mass is 268 g/mol. The lowest BCUT2D eigenvalue weighted by Crippen LogP contribution is -2.54. The number of nitrogens with zero attached hydrogens (tertiary/aromatic N) is 1. The molecule has 1 fully saturated rings. The molecule has 0 amide bonds. The molecule has 0 aliphatic carbocycles. The Kier molecular flexibility index (Phi) is 4.22. The van der Waals surface area contributed by atoms with Crippen molar-refractivity contribution in [3.63, 3.8) is 0 Å². The summed E-state index contributed by atoms with van der Waals surface area (Å²) in [7, 11) is 0. The van der Waals surface area contributed by atoms with Crippen LogP contribution in [0.1, 0.15) is 11.1 Å². The molecule has 1 heterocycles. The van der Waals surface area contributed by atoms with Gasteiger partial charge in [0, 0.05) is 31.2 Å². The number of aryl methyl sites for hydroxylation is 1. The first kappa shape index (κ1) is 13.3. The maximum Gasteiger partial charge on any atom is 0.322 e. The van der Waals surface area contributed by atoms with Crippen molar-refractivity contribution in [3.8, 4) is 0 Å². The fourth-order valence-electron chi connectivity index (χ4n) is 2.15. The summed E-state index contributed by atoms with van der Waals surface area (Å²) >= 11 is 6.08. The third-order valence-electron chi connectivity index (χ3n) is 3.26. The van der Waals surface area contributed by atoms with Crippen LogP contribution in [0.3, 0.4) is 0 Å². The number of carbonyl (C=O) groups is 1. The normalized spacial score (nSPS) is 20.9. The molecule has 1 atom stereocenters. The number of carboxylic acid groups (broad SMARTS) is 1. The van der Waals surface area contributed by atoms with Crippen LogP contribution in [0.15, 0.2) is 18.2 Å². The summed E-state index contributed by atoms with van der Waals surface area (Å²) in [6.07, 6.45) is 0. The molecular weight excluding hydrogens is 252 g/mol. The molecule has 0 aromatic heterocycles. The van der Waals surface area contributed by atoms with Gasteiger partial charge in [0.15, 0.2) is 0 Å². The lowest BCUT2D eigenvalue weighted by atomic mass is 10.1. The van der Waals surface area contributed by atoms with Crippen molar-refractivity contribution in [2.75, 3.05) is 19.6 Å². The number of piperazine rings is 1. The van der Waals surface area contributed by atoms with E-state index in [0.717, 1.165) is 29.2 Å². The minimum absolute atomic E-state index is 0.459. The van der Waals surface area contributed by atoms with Crippen molar-refractivity contribution in [2.24, 2.45) is 0 Å². The van der Waals surface area contributed by atoms with Gasteiger partial charge < -0.3 is 10.4 Å². The largest absolute Gasteiger partial charge is 0.480 e. The predicted octanol–water partition coefficient (Wildman–Crippen LogP) is 1.51. The van der Waals surface area contributed by atoms with Gasteiger partial charge in [0.1, 0.15) is 6.04 Å². The average molecular weight is 269 g/mol. The Hall–Kier alpha value is -1.10. The minimum atomic E-state index is -0.777. The van der Waals surface area contributed by atoms with Crippen LogP contribution in [-0.2, 0) is 11.3 Å². The van der Waals surface area contributed by atoms with Crippen LogP contribution in [0.5, 0.6) is 0 Å². The van der Waals surface area contributed by atoms with E-state index in [4.69, 9.17) is 11.6 Å². The SMILES string of the molecule is Cc1ccc(CN2CCNCC2C(=O)O)cc1Cl. The summed E-state index contributed by atoms with van der Waals surface area (Å²) in [5.74, 6) is -0.777. The third-order valence-corrected chi connectivity index (χ3v) is 3.67. The van der Waals surface area contributed by atoms with E-state index in [1.54, 1.807) is 0 Å². The Morgan fingerprint density at radius 3 is 3.06 bits per heavy atom. The molecule has 0 radical (unpaired) electrons. The van der Waals surface area contributed by atoms with Crippen molar-refractivity contribution in [3.05, 3.63) is 34.3 Å². The Labute approximate surface area is 112 Å². The van der Waals surface area contributed by atoms with Gasteiger partial charge >= 0.3 is 5.97 Å². The quantitative estimate of drug-likeness (QED) is 0.873. The van der Waals surface area contributed by atoms with Gasteiger partial charge in [0.2, 0.25) is 0 Å². The molecule has 1 aliphatic heterocycles. The van der Waals surface area contributed by atoms with Crippen LogP contribution in [0.25, 0.3) is 0 Å². The van der Waals surface area contributed by atoms with Crippen LogP contribution in [0.4, 0.5) is 0 Å². The Morgan fingerprint density at radius 2 is 2.39 bits per heavy atom. The Bertz CT molecular complexity index is 451. The van der Waals surface area contributed by atoms with Crippen LogP contribution >= 0.6 is 11.6 Å². The molecule has 0 bridgehead atoms. The van der Waals surface area contributed by atoms with Gasteiger partial charge in [-0.15, -0.1) is 0 Å². The predicted molar refractivity (Wildman–Crippen MR) is 70.9 cm³/mol. The smallest absolute Gasteiger partial charge is 0.322 e. The van der Waals surface area contributed by atoms with E-state index in [9.17, 15) is 9.90 Å². The highest BCUT2D eigenvalue weighted by atomic mass is 35.5. The molecule has 0 saturated carbocycles. The standard InChI is InChI=1S/C13H17ClN2O2/c1-9-2-3-10(6-11(9)14)8-16-5-4-15-7-12(16)13(17)18/h2-3,6,12,15H,4-5,7-8H2,1H3,(H,17,18). The molecule has 2 N–H and O–H groups in total. The summed E-state index contributed by atoms with van der Waals surface area (Å²) in [6.45, 7) is 4.64. The van der Waals surface area contributed by atoms with Crippen molar-refractivity contribution >= 4 is 17.6 Å². The molecule has 5 heteroatoms. The summed E-state index contributed by atoms with van der Waals surface area (Å²) in [4.78, 5) is 13.1. The first-order valence-corrected chi connectivity index (χ1v) is 6.38. The van der Waals surface area contributed by atoms with Gasteiger partial charge in [0.25, 0.3) is 0 Å². The Morgan fingerprint density at radius 1 is 1.61 bits per heavy atom. The molecule has 0 spiro atoms. The summed E-state index contributed by atoms with van der Waals surface area (Å²) in [5.41, 5.74) is 2.09. The molecule has 1 aliphatic rings. The highest BCUT2D eigenvalue weighted by Crippen LogP contribution is 2.19. The van der Waals surface area contributed by atoms with Crippen LogP contribution in [-0.4, -0.2) is 41.7 Å². The molecule has 1 aromatic carbocycles. The maximum atomic E-state index is 11.2. The average Bonchev–Trinajstić information content (AvgIpc) is 2.34. The van der Waals surface area contributed by atoms with Gasteiger partial charge in [-0.3, -0.25) is 9.69 Å². The number of hydrogen-bond acceptors (Lipinski definition) is 3. The molecule has 1 aromatic rings. The number of hydrogen-bond donors (Lipinski definition) is 2.